The predicted molar refractivity (Wildman–Crippen MR) is 80.0 cm³/mol. The summed E-state index contributed by atoms with van der Waals surface area (Å²) in [5.74, 6) is 1.09. The highest BCUT2D eigenvalue weighted by atomic mass is 79.9. The van der Waals surface area contributed by atoms with E-state index in [2.05, 4.69) is 36.4 Å². The number of hydrogen-bond donors (Lipinski definition) is 1. The highest BCUT2D eigenvalue weighted by Crippen LogP contribution is 2.19. The highest BCUT2D eigenvalue weighted by Gasteiger charge is 2.17. The summed E-state index contributed by atoms with van der Waals surface area (Å²) in [6, 6.07) is 3.29. The summed E-state index contributed by atoms with van der Waals surface area (Å²) < 4.78 is 10.3. The lowest BCUT2D eigenvalue weighted by Crippen LogP contribution is -2.27. The number of ether oxygens (including phenoxy) is 1. The summed E-state index contributed by atoms with van der Waals surface area (Å²) in [6.07, 6.45) is 0.941. The van der Waals surface area contributed by atoms with Crippen LogP contribution >= 0.6 is 15.9 Å². The van der Waals surface area contributed by atoms with Crippen molar-refractivity contribution in [1.29, 1.82) is 0 Å². The first-order valence-corrected chi connectivity index (χ1v) is 7.34. The zero-order chi connectivity index (χ0) is 15.5. The SMILES string of the molecule is CC(C)(C)OC(=O)Nc1ccnc(-c2cc(CBr)no2)n1. The number of carbonyl (C=O) groups is 1. The van der Waals surface area contributed by atoms with Crippen LogP contribution in [-0.4, -0.2) is 26.8 Å². The molecule has 0 unspecified atom stereocenters. The van der Waals surface area contributed by atoms with Gasteiger partial charge in [0, 0.05) is 17.6 Å². The van der Waals surface area contributed by atoms with Gasteiger partial charge in [-0.25, -0.2) is 14.8 Å². The first kappa shape index (κ1) is 15.4. The van der Waals surface area contributed by atoms with Crippen LogP contribution in [0.25, 0.3) is 11.6 Å². The molecule has 2 aromatic rings. The zero-order valence-electron chi connectivity index (χ0n) is 11.9. The van der Waals surface area contributed by atoms with Gasteiger partial charge in [0.05, 0.1) is 5.69 Å². The molecule has 0 radical (unpaired) electrons. The minimum atomic E-state index is -0.578. The van der Waals surface area contributed by atoms with Crippen molar-refractivity contribution in [2.75, 3.05) is 5.32 Å². The quantitative estimate of drug-likeness (QED) is 0.849. The average Bonchev–Trinajstić information content (AvgIpc) is 2.85. The fraction of sp³-hybridized carbons (Fsp3) is 0.385. The third-order valence-electron chi connectivity index (χ3n) is 2.20. The molecule has 2 heterocycles. The van der Waals surface area contributed by atoms with Gasteiger partial charge < -0.3 is 9.26 Å². The Morgan fingerprint density at radius 3 is 2.86 bits per heavy atom. The van der Waals surface area contributed by atoms with Crippen LogP contribution < -0.4 is 5.32 Å². The number of rotatable bonds is 3. The summed E-state index contributed by atoms with van der Waals surface area (Å²) in [5.41, 5.74) is 0.162. The van der Waals surface area contributed by atoms with Crippen molar-refractivity contribution in [2.24, 2.45) is 0 Å². The Bertz CT molecular complexity index is 636. The standard InChI is InChI=1S/C13H15BrN4O3/c1-13(2,3)20-12(19)17-10-4-5-15-11(16-10)9-6-8(7-14)18-21-9/h4-6H,7H2,1-3H3,(H,15,16,17,19). The molecule has 7 nitrogen and oxygen atoms in total. The van der Waals surface area contributed by atoms with Crippen molar-refractivity contribution in [3.05, 3.63) is 24.0 Å². The minimum absolute atomic E-state index is 0.325. The van der Waals surface area contributed by atoms with Gasteiger partial charge in [0.15, 0.2) is 0 Å². The molecule has 1 N–H and O–H groups in total. The highest BCUT2D eigenvalue weighted by molar-refractivity contribution is 9.08. The van der Waals surface area contributed by atoms with E-state index in [1.165, 1.54) is 6.20 Å². The number of amides is 1. The maximum absolute atomic E-state index is 11.7. The first-order valence-electron chi connectivity index (χ1n) is 6.22. The topological polar surface area (TPSA) is 90.1 Å². The summed E-state index contributed by atoms with van der Waals surface area (Å²) in [4.78, 5) is 20.0. The molecule has 21 heavy (non-hydrogen) atoms. The summed E-state index contributed by atoms with van der Waals surface area (Å²) in [7, 11) is 0. The second kappa shape index (κ2) is 6.21. The van der Waals surface area contributed by atoms with E-state index < -0.39 is 11.7 Å². The van der Waals surface area contributed by atoms with Gasteiger partial charge in [-0.1, -0.05) is 21.1 Å². The van der Waals surface area contributed by atoms with Crippen molar-refractivity contribution >= 4 is 27.8 Å². The van der Waals surface area contributed by atoms with Crippen LogP contribution in [0.3, 0.4) is 0 Å². The van der Waals surface area contributed by atoms with E-state index in [1.807, 2.05) is 0 Å². The van der Waals surface area contributed by atoms with Crippen molar-refractivity contribution < 1.29 is 14.1 Å². The van der Waals surface area contributed by atoms with E-state index in [0.29, 0.717) is 22.7 Å². The van der Waals surface area contributed by atoms with Gasteiger partial charge >= 0.3 is 6.09 Å². The van der Waals surface area contributed by atoms with Crippen LogP contribution in [0.5, 0.6) is 0 Å². The third-order valence-corrected chi connectivity index (χ3v) is 2.78. The van der Waals surface area contributed by atoms with Crippen molar-refractivity contribution in [3.63, 3.8) is 0 Å². The molecule has 1 amide bonds. The summed E-state index contributed by atoms with van der Waals surface area (Å²) in [5, 5.41) is 6.96. The molecule has 8 heteroatoms. The smallest absolute Gasteiger partial charge is 0.413 e. The van der Waals surface area contributed by atoms with Gasteiger partial charge in [-0.3, -0.25) is 5.32 Å². The van der Waals surface area contributed by atoms with E-state index >= 15 is 0 Å². The molecule has 0 saturated heterocycles. The number of alkyl halides is 1. The Morgan fingerprint density at radius 2 is 2.24 bits per heavy atom. The monoisotopic (exact) mass is 354 g/mol. The zero-order valence-corrected chi connectivity index (χ0v) is 13.5. The Hall–Kier alpha value is -1.96. The van der Waals surface area contributed by atoms with Crippen LogP contribution in [0.4, 0.5) is 10.6 Å². The molecular weight excluding hydrogens is 340 g/mol. The molecule has 0 saturated carbocycles. The normalized spacial score (nSPS) is 11.2. The van der Waals surface area contributed by atoms with Gasteiger partial charge in [0.1, 0.15) is 11.4 Å². The second-order valence-corrected chi connectivity index (χ2v) is 5.77. The third kappa shape index (κ3) is 4.52. The molecular formula is C13H15BrN4O3. The summed E-state index contributed by atoms with van der Waals surface area (Å²) >= 11 is 3.28. The van der Waals surface area contributed by atoms with Crippen LogP contribution in [0.1, 0.15) is 26.5 Å². The van der Waals surface area contributed by atoms with Crippen LogP contribution in [0, 0.1) is 0 Å². The molecule has 0 aliphatic heterocycles. The lowest BCUT2D eigenvalue weighted by Gasteiger charge is -2.19. The number of nitrogens with zero attached hydrogens (tertiary/aromatic N) is 3. The fourth-order valence-corrected chi connectivity index (χ4v) is 1.70. The minimum Gasteiger partial charge on any atom is -0.444 e. The van der Waals surface area contributed by atoms with Crippen molar-refractivity contribution in [2.45, 2.75) is 31.7 Å². The molecule has 0 aromatic carbocycles. The Labute approximate surface area is 130 Å². The van der Waals surface area contributed by atoms with Gasteiger partial charge in [0.2, 0.25) is 11.6 Å². The number of carbonyl (C=O) groups excluding carboxylic acids is 1. The molecule has 2 aromatic heterocycles. The van der Waals surface area contributed by atoms with Crippen LogP contribution in [0.2, 0.25) is 0 Å². The van der Waals surface area contributed by atoms with E-state index in [9.17, 15) is 4.79 Å². The molecule has 0 bridgehead atoms. The van der Waals surface area contributed by atoms with Crippen LogP contribution in [0.15, 0.2) is 22.9 Å². The maximum atomic E-state index is 11.7. The molecule has 0 atom stereocenters. The number of hydrogen-bond acceptors (Lipinski definition) is 6. The molecule has 0 aliphatic carbocycles. The molecule has 0 spiro atoms. The second-order valence-electron chi connectivity index (χ2n) is 5.21. The Balaban J connectivity index is 2.12. The first-order chi connectivity index (χ1) is 9.87. The molecule has 0 aliphatic rings. The Kier molecular flexibility index (Phi) is 4.56. The summed E-state index contributed by atoms with van der Waals surface area (Å²) in [6.45, 7) is 5.36. The van der Waals surface area contributed by atoms with E-state index in [1.54, 1.807) is 32.9 Å². The van der Waals surface area contributed by atoms with Crippen molar-refractivity contribution in [3.8, 4) is 11.6 Å². The number of halogens is 1. The Morgan fingerprint density at radius 1 is 1.48 bits per heavy atom. The fourth-order valence-electron chi connectivity index (χ4n) is 1.44. The van der Waals surface area contributed by atoms with Gasteiger partial charge in [0.25, 0.3) is 0 Å². The average molecular weight is 355 g/mol. The van der Waals surface area contributed by atoms with Crippen molar-refractivity contribution in [1.82, 2.24) is 15.1 Å². The van der Waals surface area contributed by atoms with E-state index in [4.69, 9.17) is 9.26 Å². The maximum Gasteiger partial charge on any atom is 0.413 e. The number of aromatic nitrogens is 3. The lowest BCUT2D eigenvalue weighted by molar-refractivity contribution is 0.0635. The lowest BCUT2D eigenvalue weighted by atomic mass is 10.2. The largest absolute Gasteiger partial charge is 0.444 e. The molecule has 2 rings (SSSR count). The van der Waals surface area contributed by atoms with E-state index in [0.717, 1.165) is 5.69 Å². The van der Waals surface area contributed by atoms with E-state index in [-0.39, 0.29) is 0 Å². The van der Waals surface area contributed by atoms with Gasteiger partial charge in [-0.15, -0.1) is 0 Å². The van der Waals surface area contributed by atoms with Crippen LogP contribution in [-0.2, 0) is 10.1 Å². The van der Waals surface area contributed by atoms with Gasteiger partial charge in [-0.2, -0.15) is 0 Å². The van der Waals surface area contributed by atoms with Gasteiger partial charge in [-0.05, 0) is 26.8 Å². The molecule has 112 valence electrons. The number of anilines is 1. The predicted octanol–water partition coefficient (Wildman–Crippen LogP) is 3.37. The molecule has 0 fully saturated rings. The number of nitrogens with one attached hydrogen (secondary N) is 1.